The summed E-state index contributed by atoms with van der Waals surface area (Å²) in [7, 11) is 0. The normalized spacial score (nSPS) is 14.9. The monoisotopic (exact) mass is 394 g/mol. The van der Waals surface area contributed by atoms with Gasteiger partial charge in [0.1, 0.15) is 6.54 Å². The number of amides is 2. The van der Waals surface area contributed by atoms with Crippen LogP contribution >= 0.6 is 0 Å². The Morgan fingerprint density at radius 1 is 1.21 bits per heavy atom. The molecule has 150 valence electrons. The minimum atomic E-state index is -0.239. The van der Waals surface area contributed by atoms with Gasteiger partial charge in [-0.1, -0.05) is 12.1 Å². The number of benzene rings is 1. The maximum Gasteiger partial charge on any atom is 0.289 e. The number of piperidine rings is 1. The van der Waals surface area contributed by atoms with Crippen molar-refractivity contribution in [1.82, 2.24) is 19.8 Å². The van der Waals surface area contributed by atoms with Gasteiger partial charge in [-0.2, -0.15) is 0 Å². The van der Waals surface area contributed by atoms with Gasteiger partial charge in [0.15, 0.2) is 5.76 Å². The van der Waals surface area contributed by atoms with E-state index in [0.717, 1.165) is 5.56 Å². The van der Waals surface area contributed by atoms with E-state index in [1.165, 1.54) is 17.2 Å². The van der Waals surface area contributed by atoms with Crippen molar-refractivity contribution in [3.63, 3.8) is 0 Å². The third-order valence-corrected chi connectivity index (χ3v) is 5.25. The van der Waals surface area contributed by atoms with Gasteiger partial charge in [0.25, 0.3) is 11.5 Å². The molecule has 3 heterocycles. The van der Waals surface area contributed by atoms with Crippen LogP contribution in [0.1, 0.15) is 29.0 Å². The molecule has 0 radical (unpaired) electrons. The number of carbonyl (C=O) groups excluding carboxylic acids is 2. The number of hydrogen-bond acceptors (Lipinski definition) is 5. The quantitative estimate of drug-likeness (QED) is 0.727. The number of aromatic nitrogens is 2. The van der Waals surface area contributed by atoms with Crippen LogP contribution in [0.4, 0.5) is 0 Å². The molecule has 8 heteroatoms. The molecule has 0 aliphatic carbocycles. The number of carbonyl (C=O) groups is 2. The summed E-state index contributed by atoms with van der Waals surface area (Å²) in [6.07, 6.45) is 4.21. The lowest BCUT2D eigenvalue weighted by molar-refractivity contribution is -0.122. The van der Waals surface area contributed by atoms with Crippen LogP contribution in [0.3, 0.4) is 0 Å². The second-order valence-corrected chi connectivity index (χ2v) is 7.26. The fourth-order valence-electron chi connectivity index (χ4n) is 3.66. The molecule has 0 atom stereocenters. The van der Waals surface area contributed by atoms with Crippen molar-refractivity contribution in [3.05, 3.63) is 64.6 Å². The number of hydrogen-bond donors (Lipinski definition) is 1. The third-order valence-electron chi connectivity index (χ3n) is 5.25. The van der Waals surface area contributed by atoms with Crippen LogP contribution in [0.5, 0.6) is 0 Å². The van der Waals surface area contributed by atoms with Crippen LogP contribution < -0.4 is 10.9 Å². The number of fused-ring (bicyclic) bond motifs is 1. The van der Waals surface area contributed by atoms with Crippen LogP contribution in [0.25, 0.3) is 10.9 Å². The summed E-state index contributed by atoms with van der Waals surface area (Å²) in [4.78, 5) is 43.4. The molecule has 1 N–H and O–H groups in total. The number of nitrogens with one attached hydrogen (secondary N) is 1. The Labute approximate surface area is 167 Å². The fraction of sp³-hybridized carbons (Fsp3) is 0.333. The largest absolute Gasteiger partial charge is 0.459 e. The Kier molecular flexibility index (Phi) is 5.16. The highest BCUT2D eigenvalue weighted by molar-refractivity contribution is 5.91. The Hall–Kier alpha value is -3.42. The third kappa shape index (κ3) is 3.91. The Morgan fingerprint density at radius 2 is 2.00 bits per heavy atom. The number of furan rings is 1. The molecule has 1 fully saturated rings. The number of likely N-dealkylation sites (tertiary alicyclic amines) is 1. The van der Waals surface area contributed by atoms with E-state index in [1.807, 2.05) is 19.1 Å². The van der Waals surface area contributed by atoms with E-state index in [1.54, 1.807) is 23.1 Å². The van der Waals surface area contributed by atoms with Crippen molar-refractivity contribution in [2.45, 2.75) is 32.4 Å². The first-order valence-electron chi connectivity index (χ1n) is 9.60. The van der Waals surface area contributed by atoms with Crippen molar-refractivity contribution in [2.75, 3.05) is 13.1 Å². The second-order valence-electron chi connectivity index (χ2n) is 7.26. The van der Waals surface area contributed by atoms with Crippen molar-refractivity contribution in [2.24, 2.45) is 0 Å². The molecule has 4 rings (SSSR count). The van der Waals surface area contributed by atoms with E-state index in [-0.39, 0.29) is 30.0 Å². The molecule has 1 aromatic carbocycles. The lowest BCUT2D eigenvalue weighted by atomic mass is 10.0. The molecule has 0 unspecified atom stereocenters. The summed E-state index contributed by atoms with van der Waals surface area (Å²) in [5.74, 6) is -0.0496. The minimum absolute atomic E-state index is 0.0329. The van der Waals surface area contributed by atoms with Gasteiger partial charge in [0.05, 0.1) is 23.5 Å². The first-order chi connectivity index (χ1) is 14.0. The number of rotatable bonds is 4. The molecule has 0 spiro atoms. The summed E-state index contributed by atoms with van der Waals surface area (Å²) >= 11 is 0. The summed E-state index contributed by atoms with van der Waals surface area (Å²) in [6.45, 7) is 2.90. The predicted molar refractivity (Wildman–Crippen MR) is 107 cm³/mol. The van der Waals surface area contributed by atoms with E-state index >= 15 is 0 Å². The molecule has 1 aliphatic heterocycles. The number of nitrogens with zero attached hydrogens (tertiary/aromatic N) is 3. The van der Waals surface area contributed by atoms with E-state index in [0.29, 0.717) is 42.6 Å². The SMILES string of the molecule is Cc1cccc2c(=O)n(CC(=O)NC3CCN(C(=O)c4ccco4)CC3)cnc12. The van der Waals surface area contributed by atoms with Gasteiger partial charge in [-0.25, -0.2) is 4.98 Å². The average Bonchev–Trinajstić information content (AvgIpc) is 3.25. The molecule has 2 aromatic heterocycles. The Balaban J connectivity index is 1.35. The smallest absolute Gasteiger partial charge is 0.289 e. The molecule has 1 aliphatic rings. The highest BCUT2D eigenvalue weighted by Gasteiger charge is 2.26. The zero-order valence-electron chi connectivity index (χ0n) is 16.1. The zero-order chi connectivity index (χ0) is 20.4. The van der Waals surface area contributed by atoms with E-state index < -0.39 is 0 Å². The lowest BCUT2D eigenvalue weighted by Crippen LogP contribution is -2.47. The van der Waals surface area contributed by atoms with Crippen molar-refractivity contribution < 1.29 is 14.0 Å². The molecular formula is C21H22N4O4. The fourth-order valence-corrected chi connectivity index (χ4v) is 3.66. The molecule has 8 nitrogen and oxygen atoms in total. The van der Waals surface area contributed by atoms with Crippen molar-refractivity contribution >= 4 is 22.7 Å². The van der Waals surface area contributed by atoms with Gasteiger partial charge in [-0.3, -0.25) is 19.0 Å². The molecular weight excluding hydrogens is 372 g/mol. The molecule has 29 heavy (non-hydrogen) atoms. The van der Waals surface area contributed by atoms with Crippen molar-refractivity contribution in [3.8, 4) is 0 Å². The maximum absolute atomic E-state index is 12.6. The van der Waals surface area contributed by atoms with Crippen LogP contribution in [-0.2, 0) is 11.3 Å². The van der Waals surface area contributed by atoms with E-state index in [2.05, 4.69) is 10.3 Å². The Morgan fingerprint density at radius 3 is 2.72 bits per heavy atom. The van der Waals surface area contributed by atoms with Gasteiger partial charge in [0.2, 0.25) is 5.91 Å². The van der Waals surface area contributed by atoms with Crippen LogP contribution in [0.15, 0.2) is 52.1 Å². The highest BCUT2D eigenvalue weighted by Crippen LogP contribution is 2.15. The zero-order valence-corrected chi connectivity index (χ0v) is 16.1. The maximum atomic E-state index is 12.6. The van der Waals surface area contributed by atoms with E-state index in [9.17, 15) is 14.4 Å². The van der Waals surface area contributed by atoms with Gasteiger partial charge in [-0.15, -0.1) is 0 Å². The first-order valence-corrected chi connectivity index (χ1v) is 9.60. The number of aryl methyl sites for hydroxylation is 1. The molecule has 0 bridgehead atoms. The van der Waals surface area contributed by atoms with Gasteiger partial charge >= 0.3 is 0 Å². The van der Waals surface area contributed by atoms with Crippen LogP contribution in [0.2, 0.25) is 0 Å². The summed E-state index contributed by atoms with van der Waals surface area (Å²) < 4.78 is 6.48. The molecule has 0 saturated carbocycles. The topological polar surface area (TPSA) is 97.4 Å². The lowest BCUT2D eigenvalue weighted by Gasteiger charge is -2.31. The molecule has 1 saturated heterocycles. The van der Waals surface area contributed by atoms with Crippen molar-refractivity contribution in [1.29, 1.82) is 0 Å². The summed E-state index contributed by atoms with van der Waals surface area (Å²) in [5, 5.41) is 3.47. The second kappa shape index (κ2) is 7.90. The summed E-state index contributed by atoms with van der Waals surface area (Å²) in [5.41, 5.74) is 1.35. The van der Waals surface area contributed by atoms with Crippen LogP contribution in [0, 0.1) is 6.92 Å². The predicted octanol–water partition coefficient (Wildman–Crippen LogP) is 1.72. The number of para-hydroxylation sites is 1. The summed E-state index contributed by atoms with van der Waals surface area (Å²) in [6, 6.07) is 8.72. The van der Waals surface area contributed by atoms with Crippen LogP contribution in [-0.4, -0.2) is 45.4 Å². The molecule has 3 aromatic rings. The van der Waals surface area contributed by atoms with Gasteiger partial charge in [-0.05, 0) is 43.5 Å². The first kappa shape index (κ1) is 18.9. The van der Waals surface area contributed by atoms with Gasteiger partial charge in [0, 0.05) is 19.1 Å². The van der Waals surface area contributed by atoms with Gasteiger partial charge < -0.3 is 14.6 Å². The molecule has 2 amide bonds. The highest BCUT2D eigenvalue weighted by atomic mass is 16.3. The standard InChI is InChI=1S/C21H22N4O4/c1-14-4-2-5-16-19(14)22-13-25(20(16)27)12-18(26)23-15-7-9-24(10-8-15)21(28)17-6-3-11-29-17/h2-6,11,13,15H,7-10,12H2,1H3,(H,23,26). The average molecular weight is 394 g/mol. The van der Waals surface area contributed by atoms with E-state index in [4.69, 9.17) is 4.42 Å². The minimum Gasteiger partial charge on any atom is -0.459 e. The Bertz CT molecular complexity index is 1100.